The van der Waals surface area contributed by atoms with Crippen LogP contribution >= 0.6 is 0 Å². The largest absolute Gasteiger partial charge is 0.324 e. The number of ketones is 1. The summed E-state index contributed by atoms with van der Waals surface area (Å²) in [6, 6.07) is 22.8. The first-order valence-electron chi connectivity index (χ1n) is 14.2. The van der Waals surface area contributed by atoms with Crippen molar-refractivity contribution in [2.75, 3.05) is 30.2 Å². The first-order valence-corrected chi connectivity index (χ1v) is 15.6. The van der Waals surface area contributed by atoms with E-state index >= 15 is 0 Å². The summed E-state index contributed by atoms with van der Waals surface area (Å²) in [4.78, 5) is 32.7. The van der Waals surface area contributed by atoms with E-state index in [2.05, 4.69) is 38.9 Å². The minimum atomic E-state index is -3.68. The molecule has 2 N–H and O–H groups in total. The number of nitrogens with zero attached hydrogens (tertiary/aromatic N) is 3. The number of hydrogen-bond acceptors (Lipinski definition) is 8. The van der Waals surface area contributed by atoms with E-state index < -0.39 is 10.0 Å². The summed E-state index contributed by atoms with van der Waals surface area (Å²) in [5.41, 5.74) is 4.42. The van der Waals surface area contributed by atoms with Gasteiger partial charge in [0.15, 0.2) is 5.78 Å². The molecule has 43 heavy (non-hydrogen) atoms. The number of aldehydes is 1. The molecule has 0 aliphatic heterocycles. The van der Waals surface area contributed by atoms with E-state index in [0.29, 0.717) is 29.3 Å². The smallest absolute Gasteiger partial charge is 0.261 e. The van der Waals surface area contributed by atoms with E-state index in [4.69, 9.17) is 4.79 Å². The fraction of sp³-hybridized carbons (Fsp3) is 0.273. The van der Waals surface area contributed by atoms with Gasteiger partial charge >= 0.3 is 0 Å². The van der Waals surface area contributed by atoms with Crippen LogP contribution in [0.1, 0.15) is 49.0 Å². The summed E-state index contributed by atoms with van der Waals surface area (Å²) in [5, 5.41) is 3.19. The predicted molar refractivity (Wildman–Crippen MR) is 172 cm³/mol. The maximum absolute atomic E-state index is 12.7. The highest BCUT2D eigenvalue weighted by Crippen LogP contribution is 2.23. The van der Waals surface area contributed by atoms with Crippen LogP contribution in [0.3, 0.4) is 0 Å². The average Bonchev–Trinajstić information content (AvgIpc) is 2.99. The minimum absolute atomic E-state index is 0.138. The fourth-order valence-corrected chi connectivity index (χ4v) is 5.29. The number of nitrogens with one attached hydrogen (secondary N) is 2. The molecule has 0 saturated carbocycles. The topological polar surface area (TPSA) is 121 Å². The first kappa shape index (κ1) is 33.1. The second-order valence-electron chi connectivity index (χ2n) is 10.0. The SMILES string of the molecule is CC=O.CCCN(C)CCCC(=O)c1ccc(Nc2nccc(-c3ccc(NS(=O)(=O)c4ccc(C)cc4)cc3)n2)cc1. The summed E-state index contributed by atoms with van der Waals surface area (Å²) in [6.45, 7) is 7.46. The molecule has 0 atom stereocenters. The number of sulfonamides is 1. The van der Waals surface area contributed by atoms with Crippen LogP contribution in [0.5, 0.6) is 0 Å². The first-order chi connectivity index (χ1) is 20.6. The monoisotopic (exact) mass is 601 g/mol. The van der Waals surface area contributed by atoms with Gasteiger partial charge in [-0.25, -0.2) is 18.4 Å². The standard InChI is InChI=1S/C31H35N5O3S.C2H4O/c1-4-21-36(3)22-5-6-30(37)25-11-13-26(14-12-25)33-31-32-20-19-29(34-31)24-9-15-27(16-10-24)35-40(38,39)28-17-7-23(2)8-18-28;1-2-3/h7-20,35H,4-6,21-22H2,1-3H3,(H,32,33,34);2H,1H3. The van der Waals surface area contributed by atoms with Crippen LogP contribution in [0.4, 0.5) is 17.3 Å². The van der Waals surface area contributed by atoms with Crippen LogP contribution in [0.15, 0.2) is 90.0 Å². The molecule has 1 aromatic heterocycles. The normalized spacial score (nSPS) is 10.9. The number of aromatic nitrogens is 2. The van der Waals surface area contributed by atoms with Gasteiger partial charge < -0.3 is 15.0 Å². The Bertz CT molecular complexity index is 1570. The van der Waals surface area contributed by atoms with Crippen molar-refractivity contribution in [3.63, 3.8) is 0 Å². The van der Waals surface area contributed by atoms with Gasteiger partial charge in [-0.15, -0.1) is 0 Å². The quantitative estimate of drug-likeness (QED) is 0.131. The highest BCUT2D eigenvalue weighted by atomic mass is 32.2. The third kappa shape index (κ3) is 10.4. The van der Waals surface area contributed by atoms with E-state index in [9.17, 15) is 13.2 Å². The third-order valence-electron chi connectivity index (χ3n) is 6.43. The van der Waals surface area contributed by atoms with E-state index in [1.54, 1.807) is 60.8 Å². The van der Waals surface area contributed by atoms with Gasteiger partial charge in [0.1, 0.15) is 6.29 Å². The molecule has 10 heteroatoms. The Morgan fingerprint density at radius 1 is 0.907 bits per heavy atom. The second kappa shape index (κ2) is 16.3. The Labute approximate surface area is 254 Å². The van der Waals surface area contributed by atoms with Crippen molar-refractivity contribution < 1.29 is 18.0 Å². The molecule has 0 radical (unpaired) electrons. The van der Waals surface area contributed by atoms with Crippen molar-refractivity contribution in [1.82, 2.24) is 14.9 Å². The predicted octanol–water partition coefficient (Wildman–Crippen LogP) is 6.51. The van der Waals surface area contributed by atoms with Gasteiger partial charge in [0, 0.05) is 35.1 Å². The van der Waals surface area contributed by atoms with E-state index in [1.807, 2.05) is 31.2 Å². The molecule has 0 bridgehead atoms. The van der Waals surface area contributed by atoms with Gasteiger partial charge in [0.05, 0.1) is 10.6 Å². The molecule has 0 spiro atoms. The van der Waals surface area contributed by atoms with Crippen molar-refractivity contribution in [2.45, 2.75) is 44.9 Å². The Hall–Kier alpha value is -4.41. The number of aryl methyl sites for hydroxylation is 1. The van der Waals surface area contributed by atoms with Crippen LogP contribution < -0.4 is 10.0 Å². The molecule has 0 fully saturated rings. The molecular weight excluding hydrogens is 562 g/mol. The van der Waals surface area contributed by atoms with E-state index in [1.165, 1.54) is 6.92 Å². The molecule has 226 valence electrons. The molecular formula is C33H39N5O4S. The highest BCUT2D eigenvalue weighted by Gasteiger charge is 2.14. The molecule has 0 unspecified atom stereocenters. The number of rotatable bonds is 13. The molecule has 0 amide bonds. The van der Waals surface area contributed by atoms with Gasteiger partial charge in [-0.05, 0) is 101 Å². The highest BCUT2D eigenvalue weighted by molar-refractivity contribution is 7.92. The Balaban J connectivity index is 0.00000162. The number of carbonyl (C=O) groups excluding carboxylic acids is 2. The van der Waals surface area contributed by atoms with Gasteiger partial charge in [-0.2, -0.15) is 0 Å². The zero-order chi connectivity index (χ0) is 31.2. The van der Waals surface area contributed by atoms with Crippen LogP contribution in [0, 0.1) is 6.92 Å². The number of anilines is 3. The summed E-state index contributed by atoms with van der Waals surface area (Å²) < 4.78 is 28.0. The summed E-state index contributed by atoms with van der Waals surface area (Å²) in [6.07, 6.45) is 4.89. The van der Waals surface area contributed by atoms with Crippen molar-refractivity contribution >= 4 is 39.4 Å². The van der Waals surface area contributed by atoms with Crippen molar-refractivity contribution in [1.29, 1.82) is 0 Å². The average molecular weight is 602 g/mol. The number of hydrogen-bond donors (Lipinski definition) is 2. The van der Waals surface area contributed by atoms with E-state index in [0.717, 1.165) is 49.0 Å². The lowest BCUT2D eigenvalue weighted by Gasteiger charge is -2.14. The van der Waals surface area contributed by atoms with Crippen LogP contribution in [0.2, 0.25) is 0 Å². The number of Topliss-reactive ketones (excluding diaryl/α,β-unsaturated/α-hetero) is 1. The molecule has 0 aliphatic rings. The lowest BCUT2D eigenvalue weighted by Crippen LogP contribution is -2.21. The Kier molecular flexibility index (Phi) is 12.5. The van der Waals surface area contributed by atoms with Gasteiger partial charge in [0.2, 0.25) is 5.95 Å². The summed E-state index contributed by atoms with van der Waals surface area (Å²) in [5.74, 6) is 0.555. The van der Waals surface area contributed by atoms with Crippen LogP contribution in [0.25, 0.3) is 11.3 Å². The lowest BCUT2D eigenvalue weighted by molar-refractivity contribution is -0.106. The zero-order valence-electron chi connectivity index (χ0n) is 25.1. The zero-order valence-corrected chi connectivity index (χ0v) is 25.9. The van der Waals surface area contributed by atoms with Crippen molar-refractivity contribution in [3.05, 3.63) is 96.2 Å². The van der Waals surface area contributed by atoms with Crippen molar-refractivity contribution in [2.24, 2.45) is 0 Å². The number of benzene rings is 3. The molecule has 3 aromatic carbocycles. The lowest BCUT2D eigenvalue weighted by atomic mass is 10.1. The molecule has 4 rings (SSSR count). The van der Waals surface area contributed by atoms with Gasteiger partial charge in [0.25, 0.3) is 10.0 Å². The molecule has 4 aromatic rings. The molecule has 1 heterocycles. The maximum atomic E-state index is 12.7. The van der Waals surface area contributed by atoms with E-state index in [-0.39, 0.29) is 10.7 Å². The van der Waals surface area contributed by atoms with Crippen LogP contribution in [-0.4, -0.2) is 55.5 Å². The summed E-state index contributed by atoms with van der Waals surface area (Å²) >= 11 is 0. The maximum Gasteiger partial charge on any atom is 0.261 e. The minimum Gasteiger partial charge on any atom is -0.324 e. The van der Waals surface area contributed by atoms with Crippen molar-refractivity contribution in [3.8, 4) is 11.3 Å². The molecule has 0 aliphatic carbocycles. The molecule has 9 nitrogen and oxygen atoms in total. The second-order valence-corrected chi connectivity index (χ2v) is 11.7. The van der Waals surface area contributed by atoms with Gasteiger partial charge in [-0.3, -0.25) is 9.52 Å². The molecule has 0 saturated heterocycles. The third-order valence-corrected chi connectivity index (χ3v) is 7.83. The summed E-state index contributed by atoms with van der Waals surface area (Å²) in [7, 11) is -1.60. The van der Waals surface area contributed by atoms with Crippen LogP contribution in [-0.2, 0) is 14.8 Å². The van der Waals surface area contributed by atoms with Gasteiger partial charge in [-0.1, -0.05) is 36.8 Å². The fourth-order valence-electron chi connectivity index (χ4n) is 4.24. The Morgan fingerprint density at radius 2 is 1.53 bits per heavy atom. The Morgan fingerprint density at radius 3 is 2.16 bits per heavy atom. The number of carbonyl (C=O) groups is 2.